The van der Waals surface area contributed by atoms with Gasteiger partial charge in [-0.1, -0.05) is 30.3 Å². The smallest absolute Gasteiger partial charge is 0.119 e. The lowest BCUT2D eigenvalue weighted by Gasteiger charge is -2.15. The molecule has 3 heteroatoms. The van der Waals surface area contributed by atoms with Crippen molar-refractivity contribution in [2.45, 2.75) is 19.3 Å². The Morgan fingerprint density at radius 3 is 2.58 bits per heavy atom. The molecule has 0 unspecified atom stereocenters. The molecule has 0 radical (unpaired) electrons. The van der Waals surface area contributed by atoms with Crippen molar-refractivity contribution < 1.29 is 4.74 Å². The zero-order valence-electron chi connectivity index (χ0n) is 10.9. The molecule has 1 saturated carbocycles. The number of hydrogen-bond donors (Lipinski definition) is 2. The van der Waals surface area contributed by atoms with E-state index in [-0.39, 0.29) is 11.3 Å². The van der Waals surface area contributed by atoms with Crippen LogP contribution in [0.25, 0.3) is 10.8 Å². The molecule has 0 bridgehead atoms. The third-order valence-electron chi connectivity index (χ3n) is 3.79. The number of hydrogen-bond acceptors (Lipinski definition) is 2. The van der Waals surface area contributed by atoms with Crippen LogP contribution < -0.4 is 10.5 Å². The van der Waals surface area contributed by atoms with Gasteiger partial charge in [0.2, 0.25) is 0 Å². The Balaban J connectivity index is 1.70. The Labute approximate surface area is 112 Å². The summed E-state index contributed by atoms with van der Waals surface area (Å²) < 4.78 is 5.89. The van der Waals surface area contributed by atoms with Crippen LogP contribution in [0.4, 0.5) is 0 Å². The molecule has 2 aromatic carbocycles. The maximum Gasteiger partial charge on any atom is 0.119 e. The Bertz CT molecular complexity index is 617. The summed E-state index contributed by atoms with van der Waals surface area (Å²) in [5.74, 6) is 1.16. The molecule has 0 amide bonds. The van der Waals surface area contributed by atoms with Crippen molar-refractivity contribution in [2.24, 2.45) is 11.1 Å². The lowest BCUT2D eigenvalue weighted by atomic mass is 10.0. The zero-order chi connectivity index (χ0) is 13.3. The lowest BCUT2D eigenvalue weighted by molar-refractivity contribution is 0.239. The summed E-state index contributed by atoms with van der Waals surface area (Å²) in [6.45, 7) is 0.658. The SMILES string of the molecule is N=C(N)CC1(COc2ccc3ccccc3c2)CC1. The Hall–Kier alpha value is -2.03. The molecule has 1 aliphatic carbocycles. The molecule has 19 heavy (non-hydrogen) atoms. The van der Waals surface area contributed by atoms with E-state index in [0.29, 0.717) is 13.0 Å². The molecule has 0 atom stereocenters. The fourth-order valence-corrected chi connectivity index (χ4v) is 2.45. The van der Waals surface area contributed by atoms with Crippen LogP contribution in [0.1, 0.15) is 19.3 Å². The fourth-order valence-electron chi connectivity index (χ4n) is 2.45. The largest absolute Gasteiger partial charge is 0.493 e. The standard InChI is InChI=1S/C16H18N2O/c17-15(18)10-16(7-8-16)11-19-14-6-5-12-3-1-2-4-13(12)9-14/h1-6,9H,7-8,10-11H2,(H3,17,18). The minimum absolute atomic E-state index is 0.122. The van der Waals surface area contributed by atoms with E-state index in [4.69, 9.17) is 15.9 Å². The van der Waals surface area contributed by atoms with Crippen LogP contribution in [0, 0.1) is 10.8 Å². The molecule has 0 aromatic heterocycles. The topological polar surface area (TPSA) is 59.1 Å². The van der Waals surface area contributed by atoms with Crippen LogP contribution in [-0.2, 0) is 0 Å². The van der Waals surface area contributed by atoms with Gasteiger partial charge in [-0.3, -0.25) is 5.41 Å². The van der Waals surface area contributed by atoms with E-state index in [1.165, 1.54) is 10.8 Å². The summed E-state index contributed by atoms with van der Waals surface area (Å²) in [5.41, 5.74) is 5.61. The highest BCUT2D eigenvalue weighted by atomic mass is 16.5. The first-order valence-corrected chi connectivity index (χ1v) is 6.61. The third-order valence-corrected chi connectivity index (χ3v) is 3.79. The number of ether oxygens (including phenoxy) is 1. The van der Waals surface area contributed by atoms with Crippen molar-refractivity contribution in [3.63, 3.8) is 0 Å². The van der Waals surface area contributed by atoms with Gasteiger partial charge in [0.15, 0.2) is 0 Å². The van der Waals surface area contributed by atoms with Gasteiger partial charge in [0.05, 0.1) is 12.4 Å². The van der Waals surface area contributed by atoms with Crippen molar-refractivity contribution in [1.82, 2.24) is 0 Å². The normalized spacial score (nSPS) is 16.2. The number of rotatable bonds is 5. The van der Waals surface area contributed by atoms with Crippen molar-refractivity contribution in [2.75, 3.05) is 6.61 Å². The number of benzene rings is 2. The summed E-state index contributed by atoms with van der Waals surface area (Å²) in [5, 5.41) is 9.82. The average Bonchev–Trinajstić information content (AvgIpc) is 3.15. The second-order valence-electron chi connectivity index (χ2n) is 5.50. The van der Waals surface area contributed by atoms with E-state index < -0.39 is 0 Å². The second-order valence-corrected chi connectivity index (χ2v) is 5.50. The highest BCUT2D eigenvalue weighted by Crippen LogP contribution is 2.48. The molecule has 0 heterocycles. The summed E-state index contributed by atoms with van der Waals surface area (Å²) in [4.78, 5) is 0. The van der Waals surface area contributed by atoms with Gasteiger partial charge in [0, 0.05) is 11.8 Å². The molecular weight excluding hydrogens is 236 g/mol. The second kappa shape index (κ2) is 4.57. The predicted molar refractivity (Wildman–Crippen MR) is 77.6 cm³/mol. The Morgan fingerprint density at radius 2 is 1.89 bits per heavy atom. The van der Waals surface area contributed by atoms with Crippen LogP contribution in [0.2, 0.25) is 0 Å². The number of nitrogens with one attached hydrogen (secondary N) is 1. The van der Waals surface area contributed by atoms with Gasteiger partial charge in [0.1, 0.15) is 5.75 Å². The van der Waals surface area contributed by atoms with Crippen molar-refractivity contribution in [1.29, 1.82) is 5.41 Å². The monoisotopic (exact) mass is 254 g/mol. The van der Waals surface area contributed by atoms with Gasteiger partial charge in [0.25, 0.3) is 0 Å². The molecule has 3 nitrogen and oxygen atoms in total. The van der Waals surface area contributed by atoms with Crippen molar-refractivity contribution >= 4 is 16.6 Å². The fraction of sp³-hybridized carbons (Fsp3) is 0.312. The molecule has 1 fully saturated rings. The highest BCUT2D eigenvalue weighted by Gasteiger charge is 2.43. The Morgan fingerprint density at radius 1 is 1.16 bits per heavy atom. The third kappa shape index (κ3) is 2.70. The van der Waals surface area contributed by atoms with Crippen LogP contribution in [0.3, 0.4) is 0 Å². The molecule has 0 spiro atoms. The quantitative estimate of drug-likeness (QED) is 0.635. The van der Waals surface area contributed by atoms with E-state index in [1.54, 1.807) is 0 Å². The maximum absolute atomic E-state index is 7.40. The van der Waals surface area contributed by atoms with Crippen LogP contribution >= 0.6 is 0 Å². The zero-order valence-corrected chi connectivity index (χ0v) is 10.9. The van der Waals surface area contributed by atoms with Crippen LogP contribution in [0.5, 0.6) is 5.75 Å². The van der Waals surface area contributed by atoms with Gasteiger partial charge in [-0.15, -0.1) is 0 Å². The van der Waals surface area contributed by atoms with Gasteiger partial charge in [-0.2, -0.15) is 0 Å². The predicted octanol–water partition coefficient (Wildman–Crippen LogP) is 3.32. The van der Waals surface area contributed by atoms with E-state index in [9.17, 15) is 0 Å². The first-order chi connectivity index (χ1) is 9.17. The Kier molecular flexibility index (Phi) is 2.90. The first-order valence-electron chi connectivity index (χ1n) is 6.61. The van der Waals surface area contributed by atoms with Gasteiger partial charge in [-0.25, -0.2) is 0 Å². The molecule has 0 saturated heterocycles. The highest BCUT2D eigenvalue weighted by molar-refractivity contribution is 5.83. The summed E-state index contributed by atoms with van der Waals surface area (Å²) in [6.07, 6.45) is 2.88. The summed E-state index contributed by atoms with van der Waals surface area (Å²) >= 11 is 0. The van der Waals surface area contributed by atoms with E-state index >= 15 is 0 Å². The molecule has 0 aliphatic heterocycles. The molecule has 1 aliphatic rings. The minimum Gasteiger partial charge on any atom is -0.493 e. The molecular formula is C16H18N2O. The molecule has 3 rings (SSSR count). The lowest BCUT2D eigenvalue weighted by Crippen LogP contribution is -2.21. The number of amidine groups is 1. The van der Waals surface area contributed by atoms with Crippen LogP contribution in [0.15, 0.2) is 42.5 Å². The minimum atomic E-state index is 0.122. The number of fused-ring (bicyclic) bond motifs is 1. The molecule has 3 N–H and O–H groups in total. The average molecular weight is 254 g/mol. The van der Waals surface area contributed by atoms with Crippen molar-refractivity contribution in [3.05, 3.63) is 42.5 Å². The molecule has 2 aromatic rings. The van der Waals surface area contributed by atoms with Crippen LogP contribution in [-0.4, -0.2) is 12.4 Å². The number of nitrogens with two attached hydrogens (primary N) is 1. The van der Waals surface area contributed by atoms with E-state index in [2.05, 4.69) is 24.3 Å². The van der Waals surface area contributed by atoms with Gasteiger partial charge < -0.3 is 10.5 Å². The van der Waals surface area contributed by atoms with Gasteiger partial charge in [-0.05, 0) is 35.7 Å². The van der Waals surface area contributed by atoms with E-state index in [0.717, 1.165) is 18.6 Å². The summed E-state index contributed by atoms with van der Waals surface area (Å²) in [6, 6.07) is 14.4. The first kappa shape index (κ1) is 12.0. The maximum atomic E-state index is 7.40. The van der Waals surface area contributed by atoms with E-state index in [1.807, 2.05) is 18.2 Å². The summed E-state index contributed by atoms with van der Waals surface area (Å²) in [7, 11) is 0. The van der Waals surface area contributed by atoms with Gasteiger partial charge >= 0.3 is 0 Å². The van der Waals surface area contributed by atoms with Crippen molar-refractivity contribution in [3.8, 4) is 5.75 Å². The molecule has 98 valence electrons.